The summed E-state index contributed by atoms with van der Waals surface area (Å²) in [6, 6.07) is 11.8. The molecule has 0 aliphatic heterocycles. The number of hydrogen-bond donors (Lipinski definition) is 3. The monoisotopic (exact) mass is 424 g/mol. The average Bonchev–Trinajstić information content (AvgIpc) is 2.81. The fraction of sp³-hybridized carbons (Fsp3) is 0.407. The summed E-state index contributed by atoms with van der Waals surface area (Å²) in [5, 5.41) is 29.3. The van der Waals surface area contributed by atoms with Gasteiger partial charge in [-0.3, -0.25) is 0 Å². The van der Waals surface area contributed by atoms with Crippen LogP contribution in [0.5, 0.6) is 5.75 Å². The summed E-state index contributed by atoms with van der Waals surface area (Å²) in [6.45, 7) is 8.30. The third-order valence-electron chi connectivity index (χ3n) is 5.87. The summed E-state index contributed by atoms with van der Waals surface area (Å²) in [5.74, 6) is 0.816. The Bertz CT molecular complexity index is 907. The van der Waals surface area contributed by atoms with Crippen molar-refractivity contribution in [2.45, 2.75) is 72.4 Å². The SMILES string of the molecule is CC/C(=C/C=C/C(O)(CC)CC)c1ccc(C)c(OCc2ccc(CO)c(CO)c2)c1. The summed E-state index contributed by atoms with van der Waals surface area (Å²) in [5.41, 5.74) is 4.95. The fourth-order valence-corrected chi connectivity index (χ4v) is 3.43. The zero-order valence-corrected chi connectivity index (χ0v) is 19.2. The first-order chi connectivity index (χ1) is 14.9. The number of aliphatic hydroxyl groups excluding tert-OH is 2. The lowest BCUT2D eigenvalue weighted by Crippen LogP contribution is -2.22. The molecular weight excluding hydrogens is 388 g/mol. The zero-order chi connectivity index (χ0) is 22.9. The van der Waals surface area contributed by atoms with Crippen LogP contribution in [0.4, 0.5) is 0 Å². The van der Waals surface area contributed by atoms with Crippen LogP contribution >= 0.6 is 0 Å². The molecule has 2 rings (SSSR count). The van der Waals surface area contributed by atoms with Crippen LogP contribution in [0.3, 0.4) is 0 Å². The first-order valence-corrected chi connectivity index (χ1v) is 11.1. The molecule has 0 atom stereocenters. The van der Waals surface area contributed by atoms with Crippen LogP contribution in [0.1, 0.15) is 67.9 Å². The Morgan fingerprint density at radius 2 is 1.68 bits per heavy atom. The molecule has 4 nitrogen and oxygen atoms in total. The average molecular weight is 425 g/mol. The normalized spacial score (nSPS) is 12.5. The van der Waals surface area contributed by atoms with E-state index >= 15 is 0 Å². The molecule has 0 aliphatic carbocycles. The number of rotatable bonds is 11. The Labute approximate surface area is 186 Å². The minimum absolute atomic E-state index is 0.0906. The van der Waals surface area contributed by atoms with E-state index in [0.29, 0.717) is 19.4 Å². The van der Waals surface area contributed by atoms with E-state index in [0.717, 1.165) is 40.0 Å². The standard InChI is InChI=1S/C27H36O4/c1-5-22(9-8-14-27(30,6-2)7-3)23-12-10-20(4)26(16-23)31-19-21-11-13-24(17-28)25(15-21)18-29/h8-16,28-30H,5-7,17-19H2,1-4H3/b14-8+,22-9-. The molecular formula is C27H36O4. The maximum Gasteiger partial charge on any atom is 0.123 e. The Morgan fingerprint density at radius 3 is 2.29 bits per heavy atom. The molecule has 31 heavy (non-hydrogen) atoms. The van der Waals surface area contributed by atoms with Crippen molar-refractivity contribution < 1.29 is 20.1 Å². The number of benzene rings is 2. The van der Waals surface area contributed by atoms with Crippen molar-refractivity contribution >= 4 is 5.57 Å². The number of aliphatic hydroxyl groups is 3. The summed E-state index contributed by atoms with van der Waals surface area (Å²) in [6.07, 6.45) is 8.14. The Kier molecular flexibility index (Phi) is 9.50. The highest BCUT2D eigenvalue weighted by atomic mass is 16.5. The summed E-state index contributed by atoms with van der Waals surface area (Å²) >= 11 is 0. The number of ether oxygens (including phenoxy) is 1. The molecule has 0 spiro atoms. The van der Waals surface area contributed by atoms with Gasteiger partial charge in [0.1, 0.15) is 12.4 Å². The second-order valence-corrected chi connectivity index (χ2v) is 7.90. The van der Waals surface area contributed by atoms with E-state index in [1.165, 1.54) is 5.57 Å². The molecule has 4 heteroatoms. The molecule has 0 amide bonds. The molecule has 0 aliphatic rings. The van der Waals surface area contributed by atoms with Gasteiger partial charge in [0.25, 0.3) is 0 Å². The van der Waals surface area contributed by atoms with E-state index in [4.69, 9.17) is 4.74 Å². The van der Waals surface area contributed by atoms with Gasteiger partial charge in [-0.1, -0.05) is 63.3 Å². The van der Waals surface area contributed by atoms with Gasteiger partial charge in [0, 0.05) is 0 Å². The maximum atomic E-state index is 10.4. The quantitative estimate of drug-likeness (QED) is 0.419. The van der Waals surface area contributed by atoms with Crippen molar-refractivity contribution in [3.63, 3.8) is 0 Å². The van der Waals surface area contributed by atoms with Gasteiger partial charge >= 0.3 is 0 Å². The molecule has 0 bridgehead atoms. The van der Waals surface area contributed by atoms with E-state index in [9.17, 15) is 15.3 Å². The molecule has 2 aromatic rings. The Morgan fingerprint density at radius 1 is 0.968 bits per heavy atom. The van der Waals surface area contributed by atoms with Crippen LogP contribution in [0, 0.1) is 6.92 Å². The molecule has 0 unspecified atom stereocenters. The third kappa shape index (κ3) is 6.79. The maximum absolute atomic E-state index is 10.4. The van der Waals surface area contributed by atoms with Gasteiger partial charge in [0.2, 0.25) is 0 Å². The second kappa shape index (κ2) is 11.8. The highest BCUT2D eigenvalue weighted by Crippen LogP contribution is 2.27. The highest BCUT2D eigenvalue weighted by molar-refractivity contribution is 5.68. The highest BCUT2D eigenvalue weighted by Gasteiger charge is 2.17. The van der Waals surface area contributed by atoms with Gasteiger partial charge in [-0.05, 0) is 71.7 Å². The van der Waals surface area contributed by atoms with Gasteiger partial charge < -0.3 is 20.1 Å². The molecule has 168 valence electrons. The summed E-state index contributed by atoms with van der Waals surface area (Å²) in [4.78, 5) is 0. The molecule has 0 radical (unpaired) electrons. The number of aryl methyl sites for hydroxylation is 1. The van der Waals surface area contributed by atoms with Crippen LogP contribution < -0.4 is 4.74 Å². The summed E-state index contributed by atoms with van der Waals surface area (Å²) < 4.78 is 6.10. The Balaban J connectivity index is 2.20. The van der Waals surface area contributed by atoms with Crippen molar-refractivity contribution in [3.05, 3.63) is 82.4 Å². The molecule has 0 saturated carbocycles. The minimum Gasteiger partial charge on any atom is -0.489 e. The van der Waals surface area contributed by atoms with Crippen LogP contribution in [0.2, 0.25) is 0 Å². The molecule has 0 heterocycles. The van der Waals surface area contributed by atoms with Crippen LogP contribution in [0.25, 0.3) is 5.57 Å². The van der Waals surface area contributed by atoms with Crippen molar-refractivity contribution in [1.29, 1.82) is 0 Å². The first-order valence-electron chi connectivity index (χ1n) is 11.1. The minimum atomic E-state index is -0.754. The second-order valence-electron chi connectivity index (χ2n) is 7.90. The van der Waals surface area contributed by atoms with E-state index < -0.39 is 5.60 Å². The third-order valence-corrected chi connectivity index (χ3v) is 5.87. The van der Waals surface area contributed by atoms with Gasteiger partial charge in [-0.25, -0.2) is 0 Å². The molecule has 0 aromatic heterocycles. The van der Waals surface area contributed by atoms with E-state index in [2.05, 4.69) is 31.2 Å². The molecule has 0 fully saturated rings. The van der Waals surface area contributed by atoms with Gasteiger partial charge in [-0.2, -0.15) is 0 Å². The number of allylic oxidation sites excluding steroid dienone is 3. The fourth-order valence-electron chi connectivity index (χ4n) is 3.43. The van der Waals surface area contributed by atoms with E-state index in [1.54, 1.807) is 0 Å². The molecule has 3 N–H and O–H groups in total. The molecule has 0 saturated heterocycles. The van der Waals surface area contributed by atoms with E-state index in [-0.39, 0.29) is 13.2 Å². The largest absolute Gasteiger partial charge is 0.489 e. The van der Waals surface area contributed by atoms with Crippen molar-refractivity contribution in [2.75, 3.05) is 0 Å². The van der Waals surface area contributed by atoms with Gasteiger partial charge in [-0.15, -0.1) is 0 Å². The first kappa shape index (κ1) is 24.9. The van der Waals surface area contributed by atoms with Gasteiger partial charge in [0.05, 0.1) is 18.8 Å². The van der Waals surface area contributed by atoms with Crippen molar-refractivity contribution in [1.82, 2.24) is 0 Å². The predicted molar refractivity (Wildman–Crippen MR) is 127 cm³/mol. The van der Waals surface area contributed by atoms with Gasteiger partial charge in [0.15, 0.2) is 0 Å². The lowest BCUT2D eigenvalue weighted by atomic mass is 9.96. The predicted octanol–water partition coefficient (Wildman–Crippen LogP) is 5.46. The van der Waals surface area contributed by atoms with Crippen LogP contribution in [-0.4, -0.2) is 20.9 Å². The van der Waals surface area contributed by atoms with Crippen LogP contribution in [-0.2, 0) is 19.8 Å². The lowest BCUT2D eigenvalue weighted by Gasteiger charge is -2.20. The number of hydrogen-bond acceptors (Lipinski definition) is 4. The van der Waals surface area contributed by atoms with Crippen molar-refractivity contribution in [3.8, 4) is 5.75 Å². The topological polar surface area (TPSA) is 69.9 Å². The Hall–Kier alpha value is -2.40. The molecule has 2 aromatic carbocycles. The van der Waals surface area contributed by atoms with E-state index in [1.807, 2.05) is 51.1 Å². The summed E-state index contributed by atoms with van der Waals surface area (Å²) in [7, 11) is 0. The van der Waals surface area contributed by atoms with Crippen molar-refractivity contribution in [2.24, 2.45) is 0 Å². The zero-order valence-electron chi connectivity index (χ0n) is 19.2. The van der Waals surface area contributed by atoms with Crippen LogP contribution in [0.15, 0.2) is 54.6 Å². The smallest absolute Gasteiger partial charge is 0.123 e. The lowest BCUT2D eigenvalue weighted by molar-refractivity contribution is 0.0828.